The number of aromatic nitrogens is 1. The van der Waals surface area contributed by atoms with E-state index in [4.69, 9.17) is 6.42 Å². The Balaban J connectivity index is 2.02. The third-order valence-electron chi connectivity index (χ3n) is 3.33. The van der Waals surface area contributed by atoms with Crippen molar-refractivity contribution in [1.29, 1.82) is 0 Å². The first kappa shape index (κ1) is 14.8. The number of pyridine rings is 1. The minimum absolute atomic E-state index is 0.960. The molecule has 0 amide bonds. The Hall–Kier alpha value is -1.29. The maximum absolute atomic E-state index is 5.33. The molecular formula is C17H26N+. The summed E-state index contributed by atoms with van der Waals surface area (Å²) in [5.41, 5.74) is 0.960. The van der Waals surface area contributed by atoms with Crippen LogP contribution in [0.3, 0.4) is 0 Å². The van der Waals surface area contributed by atoms with Crippen molar-refractivity contribution in [1.82, 2.24) is 0 Å². The quantitative estimate of drug-likeness (QED) is 0.350. The average molecular weight is 244 g/mol. The number of hydrogen-bond donors (Lipinski definition) is 0. The molecule has 1 heterocycles. The molecule has 0 fully saturated rings. The number of hydrogen-bond acceptors (Lipinski definition) is 0. The van der Waals surface area contributed by atoms with E-state index in [0.29, 0.717) is 0 Å². The van der Waals surface area contributed by atoms with Crippen molar-refractivity contribution >= 4 is 0 Å². The molecule has 1 rings (SSSR count). The topological polar surface area (TPSA) is 3.88 Å². The number of unbranched alkanes of at least 4 members (excludes halogenated alkanes) is 7. The molecule has 0 bridgehead atoms. The molecule has 0 aromatic carbocycles. The van der Waals surface area contributed by atoms with Gasteiger partial charge in [0.1, 0.15) is 6.54 Å². The Kier molecular flexibility index (Phi) is 7.97. The van der Waals surface area contributed by atoms with Crippen molar-refractivity contribution in [2.75, 3.05) is 0 Å². The monoisotopic (exact) mass is 244 g/mol. The van der Waals surface area contributed by atoms with Gasteiger partial charge in [0.05, 0.1) is 0 Å². The van der Waals surface area contributed by atoms with Crippen molar-refractivity contribution in [2.24, 2.45) is 0 Å². The molecule has 18 heavy (non-hydrogen) atoms. The third-order valence-corrected chi connectivity index (χ3v) is 3.33. The first-order valence-corrected chi connectivity index (χ1v) is 7.32. The van der Waals surface area contributed by atoms with Gasteiger partial charge in [0.15, 0.2) is 12.4 Å². The molecule has 0 spiro atoms. The van der Waals surface area contributed by atoms with Gasteiger partial charge in [0.2, 0.25) is 0 Å². The lowest BCUT2D eigenvalue weighted by atomic mass is 10.1. The molecule has 0 atom stereocenters. The summed E-state index contributed by atoms with van der Waals surface area (Å²) in [7, 11) is 0. The number of aryl methyl sites for hydroxylation is 1. The second-order valence-corrected chi connectivity index (χ2v) is 4.94. The fourth-order valence-corrected chi connectivity index (χ4v) is 2.13. The van der Waals surface area contributed by atoms with Gasteiger partial charge in [-0.05, 0) is 6.42 Å². The zero-order valence-corrected chi connectivity index (χ0v) is 11.7. The van der Waals surface area contributed by atoms with Crippen LogP contribution in [0.1, 0.15) is 63.9 Å². The Morgan fingerprint density at radius 2 is 1.50 bits per heavy atom. The molecule has 0 radical (unpaired) electrons. The Labute approximate surface area is 112 Å². The highest BCUT2D eigenvalue weighted by Gasteiger charge is 1.99. The van der Waals surface area contributed by atoms with Crippen molar-refractivity contribution in [3.05, 3.63) is 30.1 Å². The molecular weight excluding hydrogens is 218 g/mol. The van der Waals surface area contributed by atoms with Crippen LogP contribution in [-0.2, 0) is 6.54 Å². The second-order valence-electron chi connectivity index (χ2n) is 4.94. The molecule has 0 N–H and O–H groups in total. The van der Waals surface area contributed by atoms with Crippen LogP contribution in [0.2, 0.25) is 0 Å². The lowest BCUT2D eigenvalue weighted by molar-refractivity contribution is -0.697. The predicted octanol–water partition coefficient (Wildman–Crippen LogP) is 4.10. The van der Waals surface area contributed by atoms with Gasteiger partial charge in [0.25, 0.3) is 0 Å². The highest BCUT2D eigenvalue weighted by atomic mass is 14.9. The van der Waals surface area contributed by atoms with E-state index in [1.54, 1.807) is 0 Å². The summed E-state index contributed by atoms with van der Waals surface area (Å²) in [5, 5.41) is 0. The first-order chi connectivity index (χ1) is 8.86. The van der Waals surface area contributed by atoms with Crippen LogP contribution in [0.4, 0.5) is 0 Å². The molecule has 0 aliphatic heterocycles. The molecule has 0 saturated heterocycles. The molecule has 0 unspecified atom stereocenters. The molecule has 1 nitrogen and oxygen atoms in total. The van der Waals surface area contributed by atoms with Gasteiger partial charge in [-0.3, -0.25) is 0 Å². The fourth-order valence-electron chi connectivity index (χ4n) is 2.13. The van der Waals surface area contributed by atoms with E-state index in [-0.39, 0.29) is 0 Å². The number of nitrogens with zero attached hydrogens (tertiary/aromatic N) is 1. The summed E-state index contributed by atoms with van der Waals surface area (Å²) in [6.45, 7) is 3.38. The highest BCUT2D eigenvalue weighted by Crippen LogP contribution is 2.08. The summed E-state index contributed by atoms with van der Waals surface area (Å²) >= 11 is 0. The number of rotatable bonds is 9. The van der Waals surface area contributed by atoms with Gasteiger partial charge >= 0.3 is 0 Å². The van der Waals surface area contributed by atoms with E-state index < -0.39 is 0 Å². The fraction of sp³-hybridized carbons (Fsp3) is 0.588. The molecule has 1 heteroatoms. The van der Waals surface area contributed by atoms with Gasteiger partial charge in [-0.15, -0.1) is 6.42 Å². The van der Waals surface area contributed by atoms with Gasteiger partial charge < -0.3 is 0 Å². The Morgan fingerprint density at radius 1 is 0.944 bits per heavy atom. The van der Waals surface area contributed by atoms with Crippen LogP contribution in [0.15, 0.2) is 24.5 Å². The van der Waals surface area contributed by atoms with Gasteiger partial charge in [0, 0.05) is 24.1 Å². The number of terminal acetylenes is 1. The van der Waals surface area contributed by atoms with Crippen molar-refractivity contribution in [2.45, 2.75) is 64.8 Å². The lowest BCUT2D eigenvalue weighted by Gasteiger charge is -2.00. The van der Waals surface area contributed by atoms with E-state index >= 15 is 0 Å². The minimum Gasteiger partial charge on any atom is -0.205 e. The van der Waals surface area contributed by atoms with Crippen LogP contribution >= 0.6 is 0 Å². The van der Waals surface area contributed by atoms with Crippen molar-refractivity contribution in [3.63, 3.8) is 0 Å². The average Bonchev–Trinajstić information content (AvgIpc) is 2.42. The second kappa shape index (κ2) is 9.71. The molecule has 0 aliphatic rings. The maximum atomic E-state index is 5.33. The smallest absolute Gasteiger partial charge is 0.170 e. The highest BCUT2D eigenvalue weighted by molar-refractivity contribution is 5.27. The van der Waals surface area contributed by atoms with Crippen molar-refractivity contribution in [3.8, 4) is 12.3 Å². The molecule has 98 valence electrons. The molecule has 0 aliphatic carbocycles. The maximum Gasteiger partial charge on any atom is 0.170 e. The lowest BCUT2D eigenvalue weighted by Crippen LogP contribution is -2.32. The molecule has 1 aromatic rings. The van der Waals surface area contributed by atoms with Gasteiger partial charge in [-0.2, -0.15) is 0 Å². The van der Waals surface area contributed by atoms with E-state index in [2.05, 4.69) is 29.8 Å². The summed E-state index contributed by atoms with van der Waals surface area (Å²) in [6, 6.07) is 4.01. The predicted molar refractivity (Wildman–Crippen MR) is 77.2 cm³/mol. The zero-order chi connectivity index (χ0) is 13.1. The van der Waals surface area contributed by atoms with Crippen LogP contribution in [0.5, 0.6) is 0 Å². The largest absolute Gasteiger partial charge is 0.205 e. The van der Waals surface area contributed by atoms with Gasteiger partial charge in [-0.25, -0.2) is 4.57 Å². The van der Waals surface area contributed by atoms with E-state index in [9.17, 15) is 0 Å². The minimum atomic E-state index is 0.960. The van der Waals surface area contributed by atoms with Crippen LogP contribution in [0, 0.1) is 12.3 Å². The third kappa shape index (κ3) is 6.45. The molecule has 1 aromatic heterocycles. The Bertz CT molecular complexity index is 345. The van der Waals surface area contributed by atoms with Crippen molar-refractivity contribution < 1.29 is 4.57 Å². The Morgan fingerprint density at radius 3 is 2.06 bits per heavy atom. The zero-order valence-electron chi connectivity index (χ0n) is 11.7. The van der Waals surface area contributed by atoms with Crippen LogP contribution < -0.4 is 4.57 Å². The standard InChI is InChI=1S/C17H26N/c1-3-5-6-7-8-9-10-11-14-18-15-12-17(4-2)13-16-18/h2,12-13,15-16H,3,5-11,14H2,1H3/q+1. The summed E-state index contributed by atoms with van der Waals surface area (Å²) in [4.78, 5) is 0. The summed E-state index contributed by atoms with van der Waals surface area (Å²) < 4.78 is 2.22. The summed E-state index contributed by atoms with van der Waals surface area (Å²) in [5.74, 6) is 2.64. The van der Waals surface area contributed by atoms with Crippen LogP contribution in [-0.4, -0.2) is 0 Å². The first-order valence-electron chi connectivity index (χ1n) is 7.32. The van der Waals surface area contributed by atoms with Crippen LogP contribution in [0.25, 0.3) is 0 Å². The SMILES string of the molecule is C#Cc1cc[n+](CCCCCCCCCC)cc1. The van der Waals surface area contributed by atoms with E-state index in [1.807, 2.05) is 12.1 Å². The molecule has 0 saturated carbocycles. The normalized spacial score (nSPS) is 10.2. The summed E-state index contributed by atoms with van der Waals surface area (Å²) in [6.07, 6.45) is 20.5. The van der Waals surface area contributed by atoms with E-state index in [1.165, 1.54) is 51.4 Å². The van der Waals surface area contributed by atoms with Gasteiger partial charge in [-0.1, -0.05) is 51.4 Å². The van der Waals surface area contributed by atoms with E-state index in [0.717, 1.165) is 12.1 Å².